The van der Waals surface area contributed by atoms with Crippen molar-refractivity contribution in [3.63, 3.8) is 0 Å². The van der Waals surface area contributed by atoms with E-state index in [0.29, 0.717) is 11.9 Å². The average Bonchev–Trinajstić information content (AvgIpc) is 3.07. The van der Waals surface area contributed by atoms with E-state index in [1.807, 2.05) is 11.7 Å². The molecule has 6 heteroatoms. The number of alkyl halides is 1. The summed E-state index contributed by atoms with van der Waals surface area (Å²) in [5, 5.41) is 4.64. The average molecular weight is 296 g/mol. The van der Waals surface area contributed by atoms with Crippen LogP contribution in [0.1, 0.15) is 37.3 Å². The van der Waals surface area contributed by atoms with Crippen molar-refractivity contribution in [1.82, 2.24) is 24.2 Å². The molecule has 1 atom stereocenters. The molecular formula is C14H22ClN5. The van der Waals surface area contributed by atoms with E-state index in [0.717, 1.165) is 55.0 Å². The van der Waals surface area contributed by atoms with Gasteiger partial charge in [0.15, 0.2) is 5.65 Å². The van der Waals surface area contributed by atoms with Crippen LogP contribution in [0.4, 0.5) is 0 Å². The second kappa shape index (κ2) is 5.37. The summed E-state index contributed by atoms with van der Waals surface area (Å²) in [6, 6.07) is 0.462. The first-order valence-corrected chi connectivity index (χ1v) is 7.86. The van der Waals surface area contributed by atoms with Crippen LogP contribution >= 0.6 is 11.6 Å². The van der Waals surface area contributed by atoms with Gasteiger partial charge in [-0.1, -0.05) is 13.3 Å². The van der Waals surface area contributed by atoms with E-state index in [9.17, 15) is 0 Å². The SMILES string of the molecule is CCCc1nn(C)c2c1nc(CCl)n2C1CCN(C)C1. The summed E-state index contributed by atoms with van der Waals surface area (Å²) in [5.74, 6) is 1.44. The minimum atomic E-state index is 0.459. The van der Waals surface area contributed by atoms with Gasteiger partial charge in [-0.3, -0.25) is 4.68 Å². The van der Waals surface area contributed by atoms with E-state index in [1.54, 1.807) is 0 Å². The van der Waals surface area contributed by atoms with Gasteiger partial charge in [-0.25, -0.2) is 4.98 Å². The van der Waals surface area contributed by atoms with Crippen LogP contribution in [0.3, 0.4) is 0 Å². The van der Waals surface area contributed by atoms with Crippen molar-refractivity contribution >= 4 is 22.8 Å². The minimum absolute atomic E-state index is 0.459. The van der Waals surface area contributed by atoms with Crippen molar-refractivity contribution in [3.8, 4) is 0 Å². The first kappa shape index (κ1) is 13.9. The van der Waals surface area contributed by atoms with Gasteiger partial charge in [0.05, 0.1) is 17.6 Å². The molecule has 3 rings (SSSR count). The Balaban J connectivity index is 2.14. The van der Waals surface area contributed by atoms with E-state index >= 15 is 0 Å². The summed E-state index contributed by atoms with van der Waals surface area (Å²) in [5.41, 5.74) is 3.27. The maximum Gasteiger partial charge on any atom is 0.159 e. The quantitative estimate of drug-likeness (QED) is 0.813. The van der Waals surface area contributed by atoms with E-state index in [-0.39, 0.29) is 0 Å². The molecule has 1 fully saturated rings. The molecule has 5 nitrogen and oxygen atoms in total. The largest absolute Gasteiger partial charge is 0.307 e. The highest BCUT2D eigenvalue weighted by Crippen LogP contribution is 2.29. The zero-order valence-electron chi connectivity index (χ0n) is 12.4. The fraction of sp³-hybridized carbons (Fsp3) is 0.714. The van der Waals surface area contributed by atoms with Gasteiger partial charge in [-0.2, -0.15) is 5.10 Å². The van der Waals surface area contributed by atoms with Crippen LogP contribution in [-0.4, -0.2) is 44.4 Å². The fourth-order valence-corrected chi connectivity index (χ4v) is 3.44. The van der Waals surface area contributed by atoms with E-state index < -0.39 is 0 Å². The van der Waals surface area contributed by atoms with Gasteiger partial charge < -0.3 is 9.47 Å². The number of fused-ring (bicyclic) bond motifs is 1. The highest BCUT2D eigenvalue weighted by Gasteiger charge is 2.27. The van der Waals surface area contributed by atoms with Gasteiger partial charge in [0.2, 0.25) is 0 Å². The lowest BCUT2D eigenvalue weighted by Crippen LogP contribution is -2.18. The Kier molecular flexibility index (Phi) is 3.73. The highest BCUT2D eigenvalue weighted by atomic mass is 35.5. The number of aryl methyl sites for hydroxylation is 2. The third-order valence-corrected chi connectivity index (χ3v) is 4.39. The predicted octanol–water partition coefficient (Wildman–Crippen LogP) is 2.34. The molecule has 0 aromatic carbocycles. The van der Waals surface area contributed by atoms with Crippen LogP contribution in [0.15, 0.2) is 0 Å². The number of hydrogen-bond acceptors (Lipinski definition) is 3. The Hall–Kier alpha value is -1.07. The number of imidazole rings is 1. The second-order valence-corrected chi connectivity index (χ2v) is 6.00. The summed E-state index contributed by atoms with van der Waals surface area (Å²) in [6.07, 6.45) is 3.21. The lowest BCUT2D eigenvalue weighted by atomic mass is 10.2. The van der Waals surface area contributed by atoms with Crippen molar-refractivity contribution in [1.29, 1.82) is 0 Å². The van der Waals surface area contributed by atoms with E-state index in [2.05, 4.69) is 28.5 Å². The molecule has 0 saturated carbocycles. The van der Waals surface area contributed by atoms with Gasteiger partial charge >= 0.3 is 0 Å². The maximum absolute atomic E-state index is 6.13. The van der Waals surface area contributed by atoms with Crippen LogP contribution in [-0.2, 0) is 19.3 Å². The van der Waals surface area contributed by atoms with Crippen molar-refractivity contribution < 1.29 is 0 Å². The molecule has 1 unspecified atom stereocenters. The zero-order valence-corrected chi connectivity index (χ0v) is 13.2. The van der Waals surface area contributed by atoms with Crippen LogP contribution < -0.4 is 0 Å². The minimum Gasteiger partial charge on any atom is -0.307 e. The molecular weight excluding hydrogens is 274 g/mol. The lowest BCUT2D eigenvalue weighted by molar-refractivity contribution is 0.391. The van der Waals surface area contributed by atoms with Crippen molar-refractivity contribution in [2.24, 2.45) is 7.05 Å². The topological polar surface area (TPSA) is 38.9 Å². The Bertz CT molecular complexity index is 615. The smallest absolute Gasteiger partial charge is 0.159 e. The summed E-state index contributed by atoms with van der Waals surface area (Å²) in [4.78, 5) is 7.13. The standard InChI is InChI=1S/C14H22ClN5/c1-4-5-11-13-14(19(3)17-11)20(12(8-15)16-13)10-6-7-18(2)9-10/h10H,4-9H2,1-3H3. The Morgan fingerprint density at radius 2 is 2.15 bits per heavy atom. The summed E-state index contributed by atoms with van der Waals surface area (Å²) in [6.45, 7) is 4.36. The Morgan fingerprint density at radius 1 is 1.35 bits per heavy atom. The molecule has 0 radical (unpaired) electrons. The third kappa shape index (κ3) is 2.13. The van der Waals surface area contributed by atoms with Crippen LogP contribution in [0.5, 0.6) is 0 Å². The molecule has 0 amide bonds. The van der Waals surface area contributed by atoms with Crippen LogP contribution in [0.2, 0.25) is 0 Å². The first-order valence-electron chi connectivity index (χ1n) is 7.32. The molecule has 1 aliphatic heterocycles. The molecule has 1 aliphatic rings. The number of aromatic nitrogens is 4. The first-order chi connectivity index (χ1) is 9.65. The number of rotatable bonds is 4. The Morgan fingerprint density at radius 3 is 2.75 bits per heavy atom. The summed E-state index contributed by atoms with van der Waals surface area (Å²) in [7, 11) is 4.18. The monoisotopic (exact) mass is 295 g/mol. The van der Waals surface area contributed by atoms with Crippen LogP contribution in [0, 0.1) is 0 Å². The maximum atomic E-state index is 6.13. The molecule has 2 aromatic rings. The zero-order chi connectivity index (χ0) is 14.3. The van der Waals surface area contributed by atoms with E-state index in [1.165, 1.54) is 0 Å². The molecule has 0 aliphatic carbocycles. The van der Waals surface area contributed by atoms with Gasteiger partial charge in [0.25, 0.3) is 0 Å². The molecule has 20 heavy (non-hydrogen) atoms. The van der Waals surface area contributed by atoms with Crippen molar-refractivity contribution in [2.45, 2.75) is 38.1 Å². The normalized spacial score (nSPS) is 20.3. The second-order valence-electron chi connectivity index (χ2n) is 5.73. The number of likely N-dealkylation sites (tertiary alicyclic amines) is 1. The van der Waals surface area contributed by atoms with Gasteiger partial charge in [0.1, 0.15) is 11.3 Å². The molecule has 0 spiro atoms. The van der Waals surface area contributed by atoms with E-state index in [4.69, 9.17) is 16.6 Å². The highest BCUT2D eigenvalue weighted by molar-refractivity contribution is 6.16. The molecule has 0 N–H and O–H groups in total. The van der Waals surface area contributed by atoms with Crippen molar-refractivity contribution in [2.75, 3.05) is 20.1 Å². The van der Waals surface area contributed by atoms with Gasteiger partial charge in [-0.05, 0) is 26.4 Å². The number of hydrogen-bond donors (Lipinski definition) is 0. The molecule has 0 bridgehead atoms. The molecule has 2 aromatic heterocycles. The summed E-state index contributed by atoms with van der Waals surface area (Å²) >= 11 is 6.13. The molecule has 110 valence electrons. The third-order valence-electron chi connectivity index (χ3n) is 4.15. The Labute approximate surface area is 124 Å². The number of nitrogens with zero attached hydrogens (tertiary/aromatic N) is 5. The van der Waals surface area contributed by atoms with Gasteiger partial charge in [-0.15, -0.1) is 11.6 Å². The predicted molar refractivity (Wildman–Crippen MR) is 81.2 cm³/mol. The number of halogens is 1. The molecule has 1 saturated heterocycles. The molecule has 3 heterocycles. The number of likely N-dealkylation sites (N-methyl/N-ethyl adjacent to an activating group) is 1. The summed E-state index contributed by atoms with van der Waals surface area (Å²) < 4.78 is 4.29. The van der Waals surface area contributed by atoms with Gasteiger partial charge in [0, 0.05) is 13.6 Å². The van der Waals surface area contributed by atoms with Crippen LogP contribution in [0.25, 0.3) is 11.2 Å². The van der Waals surface area contributed by atoms with Crippen molar-refractivity contribution in [3.05, 3.63) is 11.5 Å². The fourth-order valence-electron chi connectivity index (χ4n) is 3.25. The lowest BCUT2D eigenvalue weighted by Gasteiger charge is -2.16.